The minimum Gasteiger partial charge on any atom is -0.338 e. The first-order valence-electron chi connectivity index (χ1n) is 6.22. The van der Waals surface area contributed by atoms with E-state index in [-0.39, 0.29) is 29.4 Å². The van der Waals surface area contributed by atoms with E-state index in [0.29, 0.717) is 18.1 Å². The number of hydrogen-bond donors (Lipinski definition) is 1. The summed E-state index contributed by atoms with van der Waals surface area (Å²) < 4.78 is 27.9. The fraction of sp³-hybridized carbons (Fsp3) is 0.818. The largest absolute Gasteiger partial charge is 0.338 e. The van der Waals surface area contributed by atoms with Gasteiger partial charge in [0.05, 0.1) is 17.5 Å². The first kappa shape index (κ1) is 13.5. The molecule has 0 bridgehead atoms. The summed E-state index contributed by atoms with van der Waals surface area (Å²) >= 11 is 0. The summed E-state index contributed by atoms with van der Waals surface area (Å²) in [6.45, 7) is 4.07. The molecule has 3 unspecified atom stereocenters. The van der Waals surface area contributed by atoms with Gasteiger partial charge in [0.25, 0.3) is 0 Å². The normalized spacial score (nSPS) is 26.1. The predicted molar refractivity (Wildman–Crippen MR) is 66.7 cm³/mol. The summed E-state index contributed by atoms with van der Waals surface area (Å²) in [4.78, 5) is 4.26. The molecule has 0 aliphatic carbocycles. The van der Waals surface area contributed by atoms with Crippen LogP contribution in [0, 0.1) is 5.92 Å². The van der Waals surface area contributed by atoms with E-state index in [0.717, 1.165) is 6.42 Å². The Labute approximate surface area is 107 Å². The van der Waals surface area contributed by atoms with Gasteiger partial charge in [-0.2, -0.15) is 4.98 Å². The van der Waals surface area contributed by atoms with Crippen molar-refractivity contribution in [2.75, 3.05) is 11.5 Å². The van der Waals surface area contributed by atoms with Crippen molar-refractivity contribution in [1.29, 1.82) is 0 Å². The van der Waals surface area contributed by atoms with E-state index in [2.05, 4.69) is 10.1 Å². The molecule has 102 valence electrons. The van der Waals surface area contributed by atoms with Crippen molar-refractivity contribution in [2.45, 2.75) is 38.6 Å². The molecule has 0 aromatic carbocycles. The van der Waals surface area contributed by atoms with Crippen molar-refractivity contribution >= 4 is 9.84 Å². The average molecular weight is 273 g/mol. The third-order valence-electron chi connectivity index (χ3n) is 3.60. The van der Waals surface area contributed by atoms with Gasteiger partial charge in [0.15, 0.2) is 15.7 Å². The topological polar surface area (TPSA) is 99.1 Å². The molecule has 2 heterocycles. The fourth-order valence-electron chi connectivity index (χ4n) is 2.04. The summed E-state index contributed by atoms with van der Waals surface area (Å²) in [7, 11) is -2.93. The van der Waals surface area contributed by atoms with Crippen LogP contribution in [-0.2, 0) is 9.84 Å². The number of hydrogen-bond acceptors (Lipinski definition) is 6. The highest BCUT2D eigenvalue weighted by Gasteiger charge is 2.33. The monoisotopic (exact) mass is 273 g/mol. The van der Waals surface area contributed by atoms with Crippen LogP contribution in [0.2, 0.25) is 0 Å². The van der Waals surface area contributed by atoms with Crippen molar-refractivity contribution in [3.63, 3.8) is 0 Å². The van der Waals surface area contributed by atoms with Crippen LogP contribution in [0.5, 0.6) is 0 Å². The van der Waals surface area contributed by atoms with E-state index in [4.69, 9.17) is 10.3 Å². The lowest BCUT2D eigenvalue weighted by molar-refractivity contribution is 0.309. The van der Waals surface area contributed by atoms with Crippen LogP contribution in [0.1, 0.15) is 50.4 Å². The standard InChI is InChI=1S/C11H19N3O3S/c1-3-7(2)9(12)11-13-10(14-17-11)8-4-5-18(15,16)6-8/h7-9H,3-6,12H2,1-2H3. The number of rotatable bonds is 4. The van der Waals surface area contributed by atoms with Crippen molar-refractivity contribution in [2.24, 2.45) is 11.7 Å². The van der Waals surface area contributed by atoms with E-state index in [1.807, 2.05) is 13.8 Å². The molecule has 0 amide bonds. The van der Waals surface area contributed by atoms with Crippen LogP contribution in [0.15, 0.2) is 4.52 Å². The molecule has 2 N–H and O–H groups in total. The second kappa shape index (κ2) is 4.97. The lowest BCUT2D eigenvalue weighted by Gasteiger charge is -2.13. The van der Waals surface area contributed by atoms with Crippen molar-refractivity contribution < 1.29 is 12.9 Å². The third kappa shape index (κ3) is 2.72. The van der Waals surface area contributed by atoms with Crippen LogP contribution in [0.25, 0.3) is 0 Å². The molecule has 1 fully saturated rings. The van der Waals surface area contributed by atoms with Crippen molar-refractivity contribution in [3.8, 4) is 0 Å². The summed E-state index contributed by atoms with van der Waals surface area (Å²) in [5, 5.41) is 3.87. The van der Waals surface area contributed by atoms with Gasteiger partial charge in [0.2, 0.25) is 5.89 Å². The lowest BCUT2D eigenvalue weighted by Crippen LogP contribution is -2.19. The Morgan fingerprint density at radius 3 is 2.83 bits per heavy atom. The van der Waals surface area contributed by atoms with Gasteiger partial charge in [-0.1, -0.05) is 25.4 Å². The maximum atomic E-state index is 11.4. The highest BCUT2D eigenvalue weighted by Crippen LogP contribution is 2.28. The first-order valence-corrected chi connectivity index (χ1v) is 8.04. The van der Waals surface area contributed by atoms with Gasteiger partial charge in [-0.25, -0.2) is 8.42 Å². The first-order chi connectivity index (χ1) is 8.43. The molecular formula is C11H19N3O3S. The number of nitrogens with zero attached hydrogens (tertiary/aromatic N) is 2. The Kier molecular flexibility index (Phi) is 3.72. The SMILES string of the molecule is CCC(C)C(N)c1nc(C2CCS(=O)(=O)C2)no1. The maximum absolute atomic E-state index is 11.4. The van der Waals surface area contributed by atoms with Crippen LogP contribution < -0.4 is 5.73 Å². The Balaban J connectivity index is 2.11. The van der Waals surface area contributed by atoms with Gasteiger partial charge >= 0.3 is 0 Å². The molecule has 0 spiro atoms. The van der Waals surface area contributed by atoms with Crippen molar-refractivity contribution in [3.05, 3.63) is 11.7 Å². The summed E-state index contributed by atoms with van der Waals surface area (Å²) in [6, 6.07) is -0.283. The number of nitrogens with two attached hydrogens (primary N) is 1. The Bertz CT molecular complexity index is 511. The second-order valence-corrected chi connectivity index (χ2v) is 7.23. The van der Waals surface area contributed by atoms with E-state index in [9.17, 15) is 8.42 Å². The van der Waals surface area contributed by atoms with Gasteiger partial charge < -0.3 is 10.3 Å². The van der Waals surface area contributed by atoms with Gasteiger partial charge in [-0.3, -0.25) is 0 Å². The Hall–Kier alpha value is -0.950. The van der Waals surface area contributed by atoms with Crippen LogP contribution >= 0.6 is 0 Å². The second-order valence-electron chi connectivity index (χ2n) is 5.00. The van der Waals surface area contributed by atoms with Crippen LogP contribution in [-0.4, -0.2) is 30.1 Å². The molecule has 2 rings (SSSR count). The zero-order valence-corrected chi connectivity index (χ0v) is 11.5. The van der Waals surface area contributed by atoms with Crippen molar-refractivity contribution in [1.82, 2.24) is 10.1 Å². The molecule has 7 heteroatoms. The molecule has 6 nitrogen and oxygen atoms in total. The van der Waals surface area contributed by atoms with Gasteiger partial charge in [0, 0.05) is 5.92 Å². The zero-order valence-electron chi connectivity index (χ0n) is 10.7. The van der Waals surface area contributed by atoms with Gasteiger partial charge in [0.1, 0.15) is 0 Å². The Morgan fingerprint density at radius 1 is 1.56 bits per heavy atom. The molecule has 1 aromatic rings. The van der Waals surface area contributed by atoms with E-state index in [1.54, 1.807) is 0 Å². The fourth-order valence-corrected chi connectivity index (χ4v) is 3.78. The molecule has 1 aliphatic rings. The number of aromatic nitrogens is 2. The molecule has 1 saturated heterocycles. The molecule has 18 heavy (non-hydrogen) atoms. The smallest absolute Gasteiger partial charge is 0.243 e. The molecule has 1 aliphatic heterocycles. The van der Waals surface area contributed by atoms with Crippen LogP contribution in [0.3, 0.4) is 0 Å². The lowest BCUT2D eigenvalue weighted by atomic mass is 10.0. The minimum atomic E-state index is -2.93. The third-order valence-corrected chi connectivity index (χ3v) is 5.37. The number of sulfone groups is 1. The van der Waals surface area contributed by atoms with Crippen LogP contribution in [0.4, 0.5) is 0 Å². The molecular weight excluding hydrogens is 254 g/mol. The molecule has 3 atom stereocenters. The average Bonchev–Trinajstić information content (AvgIpc) is 2.93. The molecule has 0 saturated carbocycles. The zero-order chi connectivity index (χ0) is 13.3. The van der Waals surface area contributed by atoms with Gasteiger partial charge in [-0.05, 0) is 12.3 Å². The predicted octanol–water partition coefficient (Wildman–Crippen LogP) is 1.02. The highest BCUT2D eigenvalue weighted by atomic mass is 32.2. The quantitative estimate of drug-likeness (QED) is 0.879. The maximum Gasteiger partial charge on any atom is 0.243 e. The molecule has 1 aromatic heterocycles. The summed E-state index contributed by atoms with van der Waals surface area (Å²) in [5.74, 6) is 1.32. The summed E-state index contributed by atoms with van der Waals surface area (Å²) in [5.41, 5.74) is 6.00. The highest BCUT2D eigenvalue weighted by molar-refractivity contribution is 7.91. The summed E-state index contributed by atoms with van der Waals surface area (Å²) in [6.07, 6.45) is 1.50. The Morgan fingerprint density at radius 2 is 2.28 bits per heavy atom. The molecule has 0 radical (unpaired) electrons. The van der Waals surface area contributed by atoms with E-state index < -0.39 is 9.84 Å². The van der Waals surface area contributed by atoms with E-state index in [1.165, 1.54) is 0 Å². The minimum absolute atomic E-state index is 0.116. The van der Waals surface area contributed by atoms with E-state index >= 15 is 0 Å². The van der Waals surface area contributed by atoms with Gasteiger partial charge in [-0.15, -0.1) is 0 Å².